The molecule has 0 bridgehead atoms. The topological polar surface area (TPSA) is 54.9 Å². The van der Waals surface area contributed by atoms with Crippen molar-refractivity contribution in [3.63, 3.8) is 0 Å². The molecule has 0 fully saturated rings. The van der Waals surface area contributed by atoms with Gasteiger partial charge in [0.1, 0.15) is 17.8 Å². The van der Waals surface area contributed by atoms with Gasteiger partial charge in [-0.15, -0.1) is 0 Å². The smallest absolute Gasteiger partial charge is 0.178 e. The van der Waals surface area contributed by atoms with E-state index in [0.717, 1.165) is 5.56 Å². The van der Waals surface area contributed by atoms with Crippen LogP contribution in [0.2, 0.25) is 0 Å². The van der Waals surface area contributed by atoms with Crippen LogP contribution in [0, 0.1) is 6.92 Å². The highest BCUT2D eigenvalue weighted by molar-refractivity contribution is 5.94. The summed E-state index contributed by atoms with van der Waals surface area (Å²) in [6.07, 6.45) is 1.38. The number of hydrogen-bond acceptors (Lipinski definition) is 4. The molecule has 0 saturated carbocycles. The van der Waals surface area contributed by atoms with E-state index in [1.165, 1.54) is 13.3 Å². The Morgan fingerprint density at radius 1 is 1.50 bits per heavy atom. The van der Waals surface area contributed by atoms with E-state index in [0.29, 0.717) is 11.5 Å². The predicted molar refractivity (Wildman–Crippen MR) is 46.3 cm³/mol. The lowest BCUT2D eigenvalue weighted by Gasteiger charge is -2.05. The van der Waals surface area contributed by atoms with Crippen LogP contribution in [0.25, 0.3) is 0 Å². The highest BCUT2D eigenvalue weighted by Crippen LogP contribution is 2.12. The molecule has 0 aromatic carbocycles. The zero-order chi connectivity index (χ0) is 9.14. The zero-order valence-corrected chi connectivity index (χ0v) is 7.38. The summed E-state index contributed by atoms with van der Waals surface area (Å²) in [4.78, 5) is 18.9. The molecule has 0 aliphatic carbocycles. The minimum Gasteiger partial charge on any atom is -0.373 e. The summed E-state index contributed by atoms with van der Waals surface area (Å²) in [5.74, 6) is 0.668. The molecule has 1 heterocycles. The Kier molecular flexibility index (Phi) is 2.38. The van der Waals surface area contributed by atoms with Gasteiger partial charge >= 0.3 is 0 Å². The quantitative estimate of drug-likeness (QED) is 0.665. The molecule has 1 aromatic rings. The van der Waals surface area contributed by atoms with E-state index in [4.69, 9.17) is 0 Å². The summed E-state index contributed by atoms with van der Waals surface area (Å²) in [5.41, 5.74) is 1.28. The Balaban J connectivity index is 3.23. The van der Waals surface area contributed by atoms with E-state index in [1.807, 2.05) is 6.92 Å². The molecule has 4 nitrogen and oxygen atoms in total. The van der Waals surface area contributed by atoms with Crippen LogP contribution in [0.15, 0.2) is 6.33 Å². The van der Waals surface area contributed by atoms with E-state index >= 15 is 0 Å². The zero-order valence-electron chi connectivity index (χ0n) is 7.38. The van der Waals surface area contributed by atoms with Gasteiger partial charge in [-0.1, -0.05) is 0 Å². The second-order valence-corrected chi connectivity index (χ2v) is 2.50. The maximum Gasteiger partial charge on any atom is 0.178 e. The van der Waals surface area contributed by atoms with Crippen LogP contribution < -0.4 is 5.32 Å². The van der Waals surface area contributed by atoms with Gasteiger partial charge in [0.15, 0.2) is 5.78 Å². The van der Waals surface area contributed by atoms with Crippen molar-refractivity contribution >= 4 is 11.6 Å². The molecule has 12 heavy (non-hydrogen) atoms. The largest absolute Gasteiger partial charge is 0.373 e. The number of rotatable bonds is 2. The molecule has 0 saturated heterocycles. The number of Topliss-reactive ketones (excluding diaryl/α,β-unsaturated/α-hetero) is 1. The second-order valence-electron chi connectivity index (χ2n) is 2.50. The molecular formula is C8H11N3O. The molecule has 1 N–H and O–H groups in total. The number of carbonyl (C=O) groups is 1. The number of anilines is 1. The molecule has 1 aromatic heterocycles. The third-order valence-electron chi connectivity index (χ3n) is 1.65. The van der Waals surface area contributed by atoms with Gasteiger partial charge in [-0.2, -0.15) is 0 Å². The monoisotopic (exact) mass is 165 g/mol. The summed E-state index contributed by atoms with van der Waals surface area (Å²) >= 11 is 0. The number of ketones is 1. The summed E-state index contributed by atoms with van der Waals surface area (Å²) in [6, 6.07) is 0. The van der Waals surface area contributed by atoms with E-state index in [9.17, 15) is 4.79 Å². The van der Waals surface area contributed by atoms with Gasteiger partial charge in [-0.05, 0) is 6.92 Å². The third-order valence-corrected chi connectivity index (χ3v) is 1.65. The van der Waals surface area contributed by atoms with Crippen molar-refractivity contribution < 1.29 is 4.79 Å². The molecule has 4 heteroatoms. The molecule has 0 atom stereocenters. The van der Waals surface area contributed by atoms with E-state index in [-0.39, 0.29) is 5.78 Å². The van der Waals surface area contributed by atoms with Crippen molar-refractivity contribution in [2.45, 2.75) is 13.8 Å². The highest BCUT2D eigenvalue weighted by atomic mass is 16.1. The first kappa shape index (κ1) is 8.64. The minimum absolute atomic E-state index is 0.0357. The fourth-order valence-corrected chi connectivity index (χ4v) is 1.06. The molecule has 0 aliphatic heterocycles. The molecule has 64 valence electrons. The Bertz CT molecular complexity index is 309. The highest BCUT2D eigenvalue weighted by Gasteiger charge is 2.08. The maximum atomic E-state index is 11.0. The molecule has 1 rings (SSSR count). The predicted octanol–water partition coefficient (Wildman–Crippen LogP) is 1.03. The first-order valence-electron chi connectivity index (χ1n) is 3.67. The van der Waals surface area contributed by atoms with Gasteiger partial charge in [-0.3, -0.25) is 4.79 Å². The van der Waals surface area contributed by atoms with Crippen molar-refractivity contribution in [3.05, 3.63) is 17.6 Å². The Morgan fingerprint density at radius 3 is 2.67 bits per heavy atom. The average molecular weight is 165 g/mol. The van der Waals surface area contributed by atoms with Gasteiger partial charge in [0.2, 0.25) is 0 Å². The SMILES string of the molecule is CNc1ncnc(C(C)=O)c1C. The summed E-state index contributed by atoms with van der Waals surface area (Å²) in [6.45, 7) is 3.32. The van der Waals surface area contributed by atoms with Crippen LogP contribution in [0.1, 0.15) is 23.0 Å². The van der Waals surface area contributed by atoms with Crippen molar-refractivity contribution in [2.75, 3.05) is 12.4 Å². The molecule has 0 radical (unpaired) electrons. The first-order valence-corrected chi connectivity index (χ1v) is 3.67. The number of nitrogens with one attached hydrogen (secondary N) is 1. The van der Waals surface area contributed by atoms with Crippen LogP contribution in [-0.2, 0) is 0 Å². The molecular weight excluding hydrogens is 154 g/mol. The number of aromatic nitrogens is 2. The lowest BCUT2D eigenvalue weighted by atomic mass is 10.2. The first-order chi connectivity index (χ1) is 5.66. The van der Waals surface area contributed by atoms with Crippen LogP contribution in [0.3, 0.4) is 0 Å². The summed E-state index contributed by atoms with van der Waals surface area (Å²) in [5, 5.41) is 2.89. The maximum absolute atomic E-state index is 11.0. The van der Waals surface area contributed by atoms with Crippen molar-refractivity contribution in [1.82, 2.24) is 9.97 Å². The van der Waals surface area contributed by atoms with Crippen molar-refractivity contribution in [1.29, 1.82) is 0 Å². The molecule has 0 amide bonds. The molecule has 0 spiro atoms. The Labute approximate surface area is 71.0 Å². The number of hydrogen-bond donors (Lipinski definition) is 1. The molecule has 0 aliphatic rings. The lowest BCUT2D eigenvalue weighted by Crippen LogP contribution is -2.05. The van der Waals surface area contributed by atoms with Crippen LogP contribution in [0.4, 0.5) is 5.82 Å². The van der Waals surface area contributed by atoms with Crippen LogP contribution >= 0.6 is 0 Å². The van der Waals surface area contributed by atoms with Crippen molar-refractivity contribution in [3.8, 4) is 0 Å². The van der Waals surface area contributed by atoms with Gasteiger partial charge in [0.05, 0.1) is 0 Å². The van der Waals surface area contributed by atoms with E-state index in [1.54, 1.807) is 7.05 Å². The molecule has 0 unspecified atom stereocenters. The summed E-state index contributed by atoms with van der Waals surface area (Å²) < 4.78 is 0. The standard InChI is InChI=1S/C8H11N3O/c1-5-7(6(2)12)10-4-11-8(5)9-3/h4H,1-3H3,(H,9,10,11). The Morgan fingerprint density at radius 2 is 2.17 bits per heavy atom. The van der Waals surface area contributed by atoms with E-state index < -0.39 is 0 Å². The van der Waals surface area contributed by atoms with E-state index in [2.05, 4.69) is 15.3 Å². The third kappa shape index (κ3) is 1.42. The summed E-state index contributed by atoms with van der Waals surface area (Å²) in [7, 11) is 1.76. The fourth-order valence-electron chi connectivity index (χ4n) is 1.06. The van der Waals surface area contributed by atoms with Gasteiger partial charge < -0.3 is 5.32 Å². The fraction of sp³-hybridized carbons (Fsp3) is 0.375. The number of nitrogens with zero attached hydrogens (tertiary/aromatic N) is 2. The van der Waals surface area contributed by atoms with Crippen LogP contribution in [-0.4, -0.2) is 22.8 Å². The average Bonchev–Trinajstić information content (AvgIpc) is 2.04. The van der Waals surface area contributed by atoms with Gasteiger partial charge in [0, 0.05) is 19.5 Å². The van der Waals surface area contributed by atoms with Gasteiger partial charge in [-0.25, -0.2) is 9.97 Å². The normalized spacial score (nSPS) is 9.58. The van der Waals surface area contributed by atoms with Crippen molar-refractivity contribution in [2.24, 2.45) is 0 Å². The lowest BCUT2D eigenvalue weighted by molar-refractivity contribution is 0.101. The second kappa shape index (κ2) is 3.30. The van der Waals surface area contributed by atoms with Crippen LogP contribution in [0.5, 0.6) is 0 Å². The van der Waals surface area contributed by atoms with Gasteiger partial charge in [0.25, 0.3) is 0 Å². The number of carbonyl (C=O) groups excluding carboxylic acids is 1. The minimum atomic E-state index is -0.0357. The Hall–Kier alpha value is -1.45.